The Kier molecular flexibility index (Phi) is 9.63. The predicted molar refractivity (Wildman–Crippen MR) is 97.9 cm³/mol. The van der Waals surface area contributed by atoms with Gasteiger partial charge in [0.2, 0.25) is 0 Å². The summed E-state index contributed by atoms with van der Waals surface area (Å²) >= 11 is 6.09. The Balaban J connectivity index is 0.00000288. The van der Waals surface area contributed by atoms with Crippen molar-refractivity contribution >= 4 is 29.9 Å². The quantitative estimate of drug-likeness (QED) is 0.743. The molecule has 0 aliphatic carbocycles. The number of nitrogens with one attached hydrogen (secondary N) is 1. The minimum Gasteiger partial charge on any atom is -0.379 e. The van der Waals surface area contributed by atoms with Crippen molar-refractivity contribution in [3.8, 4) is 0 Å². The summed E-state index contributed by atoms with van der Waals surface area (Å²) in [7, 11) is 0. The lowest BCUT2D eigenvalue weighted by molar-refractivity contribution is -0.147. The van der Waals surface area contributed by atoms with E-state index in [1.54, 1.807) is 6.92 Å². The molecular formula is C17H26Cl2N2O3. The summed E-state index contributed by atoms with van der Waals surface area (Å²) in [6.45, 7) is 7.49. The number of nitrogens with zero attached hydrogens (tertiary/aromatic N) is 1. The third-order valence-corrected chi connectivity index (χ3v) is 4.14. The Hall–Kier alpha value is -0.850. The Morgan fingerprint density at radius 1 is 1.46 bits per heavy atom. The molecule has 1 saturated heterocycles. The Morgan fingerprint density at radius 3 is 2.96 bits per heavy atom. The average molecular weight is 377 g/mol. The lowest BCUT2D eigenvalue weighted by atomic mass is 10.0. The molecular weight excluding hydrogens is 351 g/mol. The highest BCUT2D eigenvalue weighted by Gasteiger charge is 2.31. The lowest BCUT2D eigenvalue weighted by Gasteiger charge is -2.38. The molecule has 1 aliphatic rings. The highest BCUT2D eigenvalue weighted by Crippen LogP contribution is 2.25. The highest BCUT2D eigenvalue weighted by atomic mass is 35.5. The molecule has 2 unspecified atom stereocenters. The van der Waals surface area contributed by atoms with Crippen LogP contribution in [0, 0.1) is 0 Å². The molecule has 1 amide bonds. The summed E-state index contributed by atoms with van der Waals surface area (Å²) in [6, 6.07) is 7.65. The SMILES string of the molecule is CCOCCOC(C)C(=O)N1CCNCC1c1cccc(Cl)c1.Cl. The molecule has 1 aliphatic heterocycles. The second-order valence-corrected chi connectivity index (χ2v) is 5.95. The molecule has 2 rings (SSSR count). The van der Waals surface area contributed by atoms with Crippen LogP contribution >= 0.6 is 24.0 Å². The first kappa shape index (κ1) is 21.2. The number of amides is 1. The first-order valence-electron chi connectivity index (χ1n) is 8.09. The standard InChI is InChI=1S/C17H25ClN2O3.ClH/c1-3-22-9-10-23-13(2)17(21)20-8-7-19-12-16(20)14-5-4-6-15(18)11-14;/h4-6,11,13,16,19H,3,7-10,12H2,1-2H3;1H. The summed E-state index contributed by atoms with van der Waals surface area (Å²) in [5, 5.41) is 4.02. The number of rotatable bonds is 7. The first-order chi connectivity index (χ1) is 11.1. The summed E-state index contributed by atoms with van der Waals surface area (Å²) in [5.41, 5.74) is 1.04. The van der Waals surface area contributed by atoms with Gasteiger partial charge in [-0.15, -0.1) is 12.4 Å². The van der Waals surface area contributed by atoms with Crippen LogP contribution in [0.1, 0.15) is 25.5 Å². The summed E-state index contributed by atoms with van der Waals surface area (Å²) < 4.78 is 10.8. The van der Waals surface area contributed by atoms with E-state index in [1.165, 1.54) is 0 Å². The van der Waals surface area contributed by atoms with Crippen LogP contribution in [0.4, 0.5) is 0 Å². The average Bonchev–Trinajstić information content (AvgIpc) is 2.58. The Morgan fingerprint density at radius 2 is 2.25 bits per heavy atom. The summed E-state index contributed by atoms with van der Waals surface area (Å²) in [5.74, 6) is 0.00738. The van der Waals surface area contributed by atoms with Crippen molar-refractivity contribution in [2.24, 2.45) is 0 Å². The number of carbonyl (C=O) groups is 1. The molecule has 1 heterocycles. The zero-order chi connectivity index (χ0) is 16.7. The molecule has 136 valence electrons. The molecule has 5 nitrogen and oxygen atoms in total. The van der Waals surface area contributed by atoms with E-state index in [2.05, 4.69) is 5.32 Å². The van der Waals surface area contributed by atoms with Gasteiger partial charge in [0.1, 0.15) is 6.10 Å². The molecule has 1 N–H and O–H groups in total. The van der Waals surface area contributed by atoms with Gasteiger partial charge in [-0.1, -0.05) is 23.7 Å². The van der Waals surface area contributed by atoms with Gasteiger partial charge in [-0.3, -0.25) is 4.79 Å². The molecule has 1 fully saturated rings. The molecule has 0 spiro atoms. The maximum atomic E-state index is 12.7. The van der Waals surface area contributed by atoms with Gasteiger partial charge in [-0.25, -0.2) is 0 Å². The molecule has 0 radical (unpaired) electrons. The van der Waals surface area contributed by atoms with E-state index in [9.17, 15) is 4.79 Å². The van der Waals surface area contributed by atoms with Crippen LogP contribution in [-0.4, -0.2) is 56.4 Å². The molecule has 7 heteroatoms. The topological polar surface area (TPSA) is 50.8 Å². The number of piperazine rings is 1. The van der Waals surface area contributed by atoms with Crippen molar-refractivity contribution < 1.29 is 14.3 Å². The first-order valence-corrected chi connectivity index (χ1v) is 8.47. The van der Waals surface area contributed by atoms with E-state index >= 15 is 0 Å². The normalized spacial score (nSPS) is 18.8. The van der Waals surface area contributed by atoms with Gasteiger partial charge < -0.3 is 19.7 Å². The monoisotopic (exact) mass is 376 g/mol. The van der Waals surface area contributed by atoms with Gasteiger partial charge in [0, 0.05) is 31.3 Å². The number of halogens is 2. The van der Waals surface area contributed by atoms with E-state index in [0.29, 0.717) is 31.4 Å². The second kappa shape index (κ2) is 10.9. The van der Waals surface area contributed by atoms with Crippen LogP contribution in [0.15, 0.2) is 24.3 Å². The van der Waals surface area contributed by atoms with Gasteiger partial charge in [0.05, 0.1) is 19.3 Å². The fourth-order valence-corrected chi connectivity index (χ4v) is 2.91. The van der Waals surface area contributed by atoms with Gasteiger partial charge in [-0.05, 0) is 31.5 Å². The van der Waals surface area contributed by atoms with Gasteiger partial charge in [0.25, 0.3) is 5.91 Å². The van der Waals surface area contributed by atoms with Crippen LogP contribution in [-0.2, 0) is 14.3 Å². The third-order valence-electron chi connectivity index (χ3n) is 3.91. The van der Waals surface area contributed by atoms with Crippen LogP contribution in [0.5, 0.6) is 0 Å². The zero-order valence-electron chi connectivity index (χ0n) is 14.2. The number of ether oxygens (including phenoxy) is 2. The van der Waals surface area contributed by atoms with Crippen molar-refractivity contribution in [3.63, 3.8) is 0 Å². The smallest absolute Gasteiger partial charge is 0.252 e. The van der Waals surface area contributed by atoms with Crippen molar-refractivity contribution in [1.29, 1.82) is 0 Å². The van der Waals surface area contributed by atoms with Crippen molar-refractivity contribution in [2.45, 2.75) is 26.0 Å². The van der Waals surface area contributed by atoms with Crippen molar-refractivity contribution in [3.05, 3.63) is 34.9 Å². The number of benzene rings is 1. The van der Waals surface area contributed by atoms with Crippen molar-refractivity contribution in [2.75, 3.05) is 39.5 Å². The van der Waals surface area contributed by atoms with Crippen LogP contribution in [0.25, 0.3) is 0 Å². The van der Waals surface area contributed by atoms with E-state index in [4.69, 9.17) is 21.1 Å². The van der Waals surface area contributed by atoms with Crippen LogP contribution < -0.4 is 5.32 Å². The highest BCUT2D eigenvalue weighted by molar-refractivity contribution is 6.30. The maximum absolute atomic E-state index is 12.7. The second-order valence-electron chi connectivity index (χ2n) is 5.52. The van der Waals surface area contributed by atoms with Crippen molar-refractivity contribution in [1.82, 2.24) is 10.2 Å². The Labute approximate surface area is 155 Å². The van der Waals surface area contributed by atoms with E-state index in [-0.39, 0.29) is 24.4 Å². The zero-order valence-corrected chi connectivity index (χ0v) is 15.7. The third kappa shape index (κ3) is 5.90. The van der Waals surface area contributed by atoms with Crippen LogP contribution in [0.2, 0.25) is 5.02 Å². The van der Waals surface area contributed by atoms with E-state index < -0.39 is 6.10 Å². The van der Waals surface area contributed by atoms with Crippen LogP contribution in [0.3, 0.4) is 0 Å². The molecule has 0 saturated carbocycles. The van der Waals surface area contributed by atoms with E-state index in [1.807, 2.05) is 36.1 Å². The number of hydrogen-bond donors (Lipinski definition) is 1. The lowest BCUT2D eigenvalue weighted by Crippen LogP contribution is -2.51. The largest absolute Gasteiger partial charge is 0.379 e. The molecule has 0 aromatic heterocycles. The fourth-order valence-electron chi connectivity index (χ4n) is 2.71. The minimum absolute atomic E-state index is 0. The Bertz CT molecular complexity index is 516. The maximum Gasteiger partial charge on any atom is 0.252 e. The molecule has 2 atom stereocenters. The molecule has 1 aromatic carbocycles. The van der Waals surface area contributed by atoms with E-state index in [0.717, 1.165) is 18.7 Å². The summed E-state index contributed by atoms with van der Waals surface area (Å²) in [6.07, 6.45) is -0.477. The molecule has 0 bridgehead atoms. The molecule has 1 aromatic rings. The molecule has 24 heavy (non-hydrogen) atoms. The number of carbonyl (C=O) groups excluding carboxylic acids is 1. The van der Waals surface area contributed by atoms with Gasteiger partial charge >= 0.3 is 0 Å². The predicted octanol–water partition coefficient (Wildman–Crippen LogP) is 2.68. The minimum atomic E-state index is -0.477. The fraction of sp³-hybridized carbons (Fsp3) is 0.588. The van der Waals surface area contributed by atoms with Gasteiger partial charge in [0.15, 0.2) is 0 Å². The summed E-state index contributed by atoms with van der Waals surface area (Å²) in [4.78, 5) is 14.6. The number of hydrogen-bond acceptors (Lipinski definition) is 4. The van der Waals surface area contributed by atoms with Gasteiger partial charge in [-0.2, -0.15) is 0 Å².